The third kappa shape index (κ3) is 8.34. The molecule has 0 aliphatic rings. The molecule has 0 fully saturated rings. The fourth-order valence-electron chi connectivity index (χ4n) is 4.87. The number of ether oxygens (including phenoxy) is 2. The van der Waals surface area contributed by atoms with Gasteiger partial charge in [0.25, 0.3) is 10.0 Å². The first-order valence-corrected chi connectivity index (χ1v) is 16.1. The van der Waals surface area contributed by atoms with Gasteiger partial charge in [0.15, 0.2) is 0 Å². The fraction of sp³-hybridized carbons (Fsp3) is 0.235. The number of hydrogen-bond donors (Lipinski definition) is 1. The second-order valence-electron chi connectivity index (χ2n) is 10.1. The summed E-state index contributed by atoms with van der Waals surface area (Å²) in [7, 11) is -1.26. The molecule has 0 aliphatic carbocycles. The average Bonchev–Trinajstić information content (AvgIpc) is 3.06. The lowest BCUT2D eigenvalue weighted by Gasteiger charge is -2.34. The van der Waals surface area contributed by atoms with Crippen LogP contribution >= 0.6 is 11.6 Å². The van der Waals surface area contributed by atoms with Crippen LogP contribution in [0.3, 0.4) is 0 Å². The molecular weight excluding hydrogens is 614 g/mol. The molecule has 0 unspecified atom stereocenters. The van der Waals surface area contributed by atoms with Gasteiger partial charge >= 0.3 is 0 Å². The molecule has 0 aromatic heterocycles. The number of amides is 2. The largest absolute Gasteiger partial charge is 0.497 e. The van der Waals surface area contributed by atoms with Crippen LogP contribution in [0.1, 0.15) is 18.1 Å². The number of benzene rings is 4. The quantitative estimate of drug-likeness (QED) is 0.198. The molecule has 4 aromatic carbocycles. The van der Waals surface area contributed by atoms with Gasteiger partial charge in [0.05, 0.1) is 29.8 Å². The van der Waals surface area contributed by atoms with Crippen LogP contribution < -0.4 is 19.1 Å². The molecule has 2 amide bonds. The summed E-state index contributed by atoms with van der Waals surface area (Å²) in [4.78, 5) is 29.5. The maximum absolute atomic E-state index is 14.5. The van der Waals surface area contributed by atoms with Crippen molar-refractivity contribution in [3.8, 4) is 11.5 Å². The van der Waals surface area contributed by atoms with E-state index in [0.717, 1.165) is 9.87 Å². The number of nitrogens with one attached hydrogen (secondary N) is 1. The summed E-state index contributed by atoms with van der Waals surface area (Å²) in [6, 6.07) is 27.9. The van der Waals surface area contributed by atoms with Crippen molar-refractivity contribution in [3.63, 3.8) is 0 Å². The second kappa shape index (κ2) is 15.5. The highest BCUT2D eigenvalue weighted by molar-refractivity contribution is 7.92. The van der Waals surface area contributed by atoms with Crippen molar-refractivity contribution >= 4 is 39.1 Å². The lowest BCUT2D eigenvalue weighted by molar-refractivity contribution is -0.140. The highest BCUT2D eigenvalue weighted by Crippen LogP contribution is 2.32. The van der Waals surface area contributed by atoms with Crippen LogP contribution in [-0.2, 0) is 32.6 Å². The Morgan fingerprint density at radius 1 is 0.844 bits per heavy atom. The Morgan fingerprint density at radius 3 is 2.13 bits per heavy atom. The van der Waals surface area contributed by atoms with Crippen LogP contribution in [0.5, 0.6) is 11.5 Å². The number of halogens is 1. The maximum Gasteiger partial charge on any atom is 0.264 e. The summed E-state index contributed by atoms with van der Waals surface area (Å²) in [5.74, 6) is -0.0136. The number of nitrogens with zero attached hydrogens (tertiary/aromatic N) is 2. The predicted molar refractivity (Wildman–Crippen MR) is 175 cm³/mol. The van der Waals surface area contributed by atoms with E-state index in [2.05, 4.69) is 5.32 Å². The molecule has 236 valence electrons. The van der Waals surface area contributed by atoms with Gasteiger partial charge in [-0.05, 0) is 60.5 Å². The van der Waals surface area contributed by atoms with Gasteiger partial charge < -0.3 is 19.7 Å². The molecule has 4 aromatic rings. The van der Waals surface area contributed by atoms with Crippen molar-refractivity contribution in [1.29, 1.82) is 0 Å². The molecule has 45 heavy (non-hydrogen) atoms. The highest BCUT2D eigenvalue weighted by atomic mass is 35.5. The van der Waals surface area contributed by atoms with E-state index in [-0.39, 0.29) is 34.5 Å². The minimum Gasteiger partial charge on any atom is -0.497 e. The van der Waals surface area contributed by atoms with Gasteiger partial charge in [-0.15, -0.1) is 0 Å². The highest BCUT2D eigenvalue weighted by Gasteiger charge is 2.34. The third-order valence-electron chi connectivity index (χ3n) is 7.14. The Labute approximate surface area is 269 Å². The molecule has 0 saturated heterocycles. The number of sulfonamides is 1. The van der Waals surface area contributed by atoms with E-state index < -0.39 is 28.5 Å². The SMILES string of the molecule is CCNC(=O)[C@H](Cc1ccccc1)N(Cc1cccc(OC)c1)C(=O)CN(c1ccc(OC)c(Cl)c1)S(=O)(=O)c1ccccc1. The number of rotatable bonds is 14. The number of likely N-dealkylation sites (N-methyl/N-ethyl adjacent to an activating group) is 1. The zero-order valence-electron chi connectivity index (χ0n) is 25.4. The number of carbonyl (C=O) groups excluding carboxylic acids is 2. The molecule has 0 spiro atoms. The standard InChI is InChI=1S/C34H36ClN3O6S/c1-4-36-34(40)31(21-25-12-7-5-8-13-25)37(23-26-14-11-15-28(20-26)43-2)33(39)24-38(27-18-19-32(44-3)30(35)22-27)45(41,42)29-16-9-6-10-17-29/h5-20,22,31H,4,21,23-24H2,1-3H3,(H,36,40)/t31-/m0/s1. The smallest absolute Gasteiger partial charge is 0.264 e. The predicted octanol–water partition coefficient (Wildman–Crippen LogP) is 5.33. The molecule has 11 heteroatoms. The van der Waals surface area contributed by atoms with E-state index in [9.17, 15) is 18.0 Å². The van der Waals surface area contributed by atoms with Crippen molar-refractivity contribution in [2.24, 2.45) is 0 Å². The monoisotopic (exact) mass is 649 g/mol. The molecule has 0 aliphatic heterocycles. The van der Waals surface area contributed by atoms with E-state index in [0.29, 0.717) is 23.6 Å². The molecule has 9 nitrogen and oxygen atoms in total. The van der Waals surface area contributed by atoms with Gasteiger partial charge in [-0.1, -0.05) is 72.3 Å². The minimum atomic E-state index is -4.25. The molecule has 0 heterocycles. The van der Waals surface area contributed by atoms with Crippen molar-refractivity contribution in [2.75, 3.05) is 31.6 Å². The number of hydrogen-bond acceptors (Lipinski definition) is 6. The second-order valence-corrected chi connectivity index (χ2v) is 12.4. The topological polar surface area (TPSA) is 105 Å². The third-order valence-corrected chi connectivity index (χ3v) is 9.23. The van der Waals surface area contributed by atoms with Crippen LogP contribution in [0.2, 0.25) is 5.02 Å². The van der Waals surface area contributed by atoms with Gasteiger partial charge in [0.1, 0.15) is 24.1 Å². The van der Waals surface area contributed by atoms with Crippen molar-refractivity contribution in [1.82, 2.24) is 10.2 Å². The Hall–Kier alpha value is -4.54. The Bertz CT molecular complexity index is 1700. The van der Waals surface area contributed by atoms with Crippen molar-refractivity contribution in [2.45, 2.75) is 30.8 Å². The lowest BCUT2D eigenvalue weighted by Crippen LogP contribution is -2.53. The molecule has 0 bridgehead atoms. The number of methoxy groups -OCH3 is 2. The van der Waals surface area contributed by atoms with E-state index in [1.165, 1.54) is 42.3 Å². The van der Waals surface area contributed by atoms with E-state index >= 15 is 0 Å². The van der Waals surface area contributed by atoms with Gasteiger partial charge in [0, 0.05) is 19.5 Å². The minimum absolute atomic E-state index is 0.00588. The van der Waals surface area contributed by atoms with E-state index in [1.807, 2.05) is 36.4 Å². The zero-order valence-corrected chi connectivity index (χ0v) is 26.9. The molecule has 1 atom stereocenters. The van der Waals surface area contributed by atoms with Crippen LogP contribution in [0.15, 0.2) is 108 Å². The first-order valence-electron chi connectivity index (χ1n) is 14.3. The van der Waals surface area contributed by atoms with Gasteiger partial charge in [-0.2, -0.15) is 0 Å². The maximum atomic E-state index is 14.5. The van der Waals surface area contributed by atoms with Crippen molar-refractivity contribution in [3.05, 3.63) is 119 Å². The number of carbonyl (C=O) groups is 2. The first-order chi connectivity index (χ1) is 21.7. The van der Waals surface area contributed by atoms with Crippen LogP contribution in [0.4, 0.5) is 5.69 Å². The van der Waals surface area contributed by atoms with Gasteiger partial charge in [-0.25, -0.2) is 8.42 Å². The summed E-state index contributed by atoms with van der Waals surface area (Å²) < 4.78 is 39.8. The summed E-state index contributed by atoms with van der Waals surface area (Å²) in [6.45, 7) is 1.57. The Morgan fingerprint density at radius 2 is 1.51 bits per heavy atom. The average molecular weight is 650 g/mol. The van der Waals surface area contributed by atoms with Crippen molar-refractivity contribution < 1.29 is 27.5 Å². The Balaban J connectivity index is 1.82. The summed E-state index contributed by atoms with van der Waals surface area (Å²) in [5, 5.41) is 3.02. The van der Waals surface area contributed by atoms with Crippen LogP contribution in [0, 0.1) is 0 Å². The number of anilines is 1. The van der Waals surface area contributed by atoms with E-state index in [1.54, 1.807) is 50.4 Å². The summed E-state index contributed by atoms with van der Waals surface area (Å²) in [6.07, 6.45) is 0.210. The molecule has 0 saturated carbocycles. The van der Waals surface area contributed by atoms with E-state index in [4.69, 9.17) is 21.1 Å². The Kier molecular flexibility index (Phi) is 11.5. The fourth-order valence-corrected chi connectivity index (χ4v) is 6.55. The molecule has 1 N–H and O–H groups in total. The first kappa shape index (κ1) is 33.4. The zero-order chi connectivity index (χ0) is 32.4. The normalized spacial score (nSPS) is 11.7. The van der Waals surface area contributed by atoms with Crippen LogP contribution in [-0.4, -0.2) is 58.5 Å². The van der Waals surface area contributed by atoms with Gasteiger partial charge in [0.2, 0.25) is 11.8 Å². The summed E-state index contributed by atoms with van der Waals surface area (Å²) >= 11 is 6.42. The molecule has 0 radical (unpaired) electrons. The van der Waals surface area contributed by atoms with Crippen LogP contribution in [0.25, 0.3) is 0 Å². The van der Waals surface area contributed by atoms with Gasteiger partial charge in [-0.3, -0.25) is 13.9 Å². The molecule has 4 rings (SSSR count). The summed E-state index contributed by atoms with van der Waals surface area (Å²) in [5.41, 5.74) is 1.71. The molecular formula is C34H36ClN3O6S. The lowest BCUT2D eigenvalue weighted by atomic mass is 10.0.